The summed E-state index contributed by atoms with van der Waals surface area (Å²) in [5.74, 6) is 0.566. The van der Waals surface area contributed by atoms with Crippen LogP contribution in [0, 0.1) is 11.8 Å². The molecule has 11 nitrogen and oxygen atoms in total. The van der Waals surface area contributed by atoms with Gasteiger partial charge in [-0.3, -0.25) is 4.79 Å². The molecule has 0 atom stereocenters. The highest BCUT2D eigenvalue weighted by molar-refractivity contribution is 5.96. The van der Waals surface area contributed by atoms with Gasteiger partial charge in [-0.25, -0.2) is 9.99 Å². The Morgan fingerprint density at radius 3 is 2.73 bits per heavy atom. The van der Waals surface area contributed by atoms with Gasteiger partial charge in [-0.05, 0) is 31.4 Å². The van der Waals surface area contributed by atoms with Crippen LogP contribution >= 0.6 is 0 Å². The van der Waals surface area contributed by atoms with E-state index >= 15 is 0 Å². The summed E-state index contributed by atoms with van der Waals surface area (Å²) in [6.07, 6.45) is 3.17. The van der Waals surface area contributed by atoms with E-state index in [-0.39, 0.29) is 11.6 Å². The lowest BCUT2D eigenvalue weighted by molar-refractivity contribution is 0.0904. The molecule has 30 heavy (non-hydrogen) atoms. The minimum Gasteiger partial charge on any atom is -0.496 e. The summed E-state index contributed by atoms with van der Waals surface area (Å²) in [6, 6.07) is 3.47. The molecule has 1 aliphatic heterocycles. The Morgan fingerprint density at radius 1 is 1.37 bits per heavy atom. The molecule has 4 N–H and O–H groups in total. The third-order valence-electron chi connectivity index (χ3n) is 4.86. The van der Waals surface area contributed by atoms with Crippen molar-refractivity contribution >= 4 is 29.0 Å². The number of nitroso groups, excluding NO2 is 1. The van der Waals surface area contributed by atoms with E-state index in [2.05, 4.69) is 25.9 Å². The molecule has 0 aliphatic carbocycles. The second-order valence-corrected chi connectivity index (χ2v) is 6.92. The number of aromatic nitrogens is 2. The molecule has 0 saturated carbocycles. The van der Waals surface area contributed by atoms with Crippen molar-refractivity contribution in [2.24, 2.45) is 11.0 Å². The van der Waals surface area contributed by atoms with Gasteiger partial charge < -0.3 is 25.8 Å². The smallest absolute Gasteiger partial charge is 0.252 e. The Bertz CT molecular complexity index is 931. The van der Waals surface area contributed by atoms with Crippen molar-refractivity contribution in [3.8, 4) is 5.75 Å². The number of carbonyl (C=O) groups excluding carboxylic acids is 1. The third-order valence-corrected chi connectivity index (χ3v) is 4.86. The number of ether oxygens (including phenoxy) is 2. The van der Waals surface area contributed by atoms with Crippen LogP contribution in [0.3, 0.4) is 0 Å². The number of nitrogens with one attached hydrogen (secondary N) is 2. The molecule has 1 aromatic heterocycles. The first-order valence-electron chi connectivity index (χ1n) is 9.46. The zero-order valence-electron chi connectivity index (χ0n) is 17.1. The Kier molecular flexibility index (Phi) is 6.62. The van der Waals surface area contributed by atoms with E-state index in [1.54, 1.807) is 12.1 Å². The minimum atomic E-state index is -0.575. The van der Waals surface area contributed by atoms with Crippen LogP contribution in [-0.4, -0.2) is 49.3 Å². The lowest BCUT2D eigenvalue weighted by Crippen LogP contribution is -2.29. The van der Waals surface area contributed by atoms with Crippen molar-refractivity contribution in [2.75, 3.05) is 43.0 Å². The van der Waals surface area contributed by atoms with E-state index in [4.69, 9.17) is 15.2 Å². The summed E-state index contributed by atoms with van der Waals surface area (Å²) < 4.78 is 10.7. The predicted molar refractivity (Wildman–Crippen MR) is 113 cm³/mol. The number of aryl methyl sites for hydroxylation is 1. The quantitative estimate of drug-likeness (QED) is 0.437. The molecule has 0 bridgehead atoms. The van der Waals surface area contributed by atoms with Gasteiger partial charge in [-0.15, -0.1) is 4.91 Å². The topological polar surface area (TPSA) is 144 Å². The van der Waals surface area contributed by atoms with Crippen LogP contribution in [-0.2, 0) is 4.74 Å². The number of methoxy groups -OCH3 is 1. The van der Waals surface area contributed by atoms with Gasteiger partial charge >= 0.3 is 0 Å². The Morgan fingerprint density at radius 2 is 2.10 bits per heavy atom. The van der Waals surface area contributed by atoms with Gasteiger partial charge in [0, 0.05) is 38.1 Å². The largest absolute Gasteiger partial charge is 0.496 e. The summed E-state index contributed by atoms with van der Waals surface area (Å²) in [4.78, 5) is 31.5. The Labute approximate surface area is 173 Å². The van der Waals surface area contributed by atoms with E-state index in [1.807, 2.05) is 6.92 Å². The summed E-state index contributed by atoms with van der Waals surface area (Å²) >= 11 is 0. The lowest BCUT2D eigenvalue weighted by Gasteiger charge is -2.25. The molecule has 1 aromatic carbocycles. The highest BCUT2D eigenvalue weighted by atomic mass is 16.5. The van der Waals surface area contributed by atoms with Gasteiger partial charge in [0.25, 0.3) is 5.91 Å². The van der Waals surface area contributed by atoms with Gasteiger partial charge in [0.1, 0.15) is 11.4 Å². The lowest BCUT2D eigenvalue weighted by atomic mass is 10.1. The molecule has 0 unspecified atom stereocenters. The molecule has 1 fully saturated rings. The van der Waals surface area contributed by atoms with Crippen molar-refractivity contribution in [2.45, 2.75) is 25.8 Å². The van der Waals surface area contributed by atoms with Crippen molar-refractivity contribution in [3.05, 3.63) is 34.4 Å². The first kappa shape index (κ1) is 21.2. The van der Waals surface area contributed by atoms with Crippen LogP contribution < -0.4 is 26.1 Å². The summed E-state index contributed by atoms with van der Waals surface area (Å²) in [5.41, 5.74) is 7.58. The standard InChI is InChI=1S/C19H25N7O4/c1-11-8-13(17(20)27)16(29-3)9-14(11)23-19-21-10-15(26(2)25-28)18(24-19)22-12-4-6-30-7-5-12/h8-10,12H,4-7H2,1-3H3,(H2,20,27)(H2,21,22,23,24). The SMILES string of the molecule is COc1cc(Nc2ncc(N(C)N=O)c(NC3CCOCC3)n2)c(C)cc1C(N)=O. The van der Waals surface area contributed by atoms with Crippen LogP contribution in [0.4, 0.5) is 23.1 Å². The number of rotatable bonds is 8. The van der Waals surface area contributed by atoms with Crippen molar-refractivity contribution in [1.29, 1.82) is 0 Å². The maximum absolute atomic E-state index is 11.6. The minimum absolute atomic E-state index is 0.164. The highest BCUT2D eigenvalue weighted by Crippen LogP contribution is 2.30. The third kappa shape index (κ3) is 4.74. The Balaban J connectivity index is 1.91. The van der Waals surface area contributed by atoms with Crippen LogP contribution in [0.5, 0.6) is 5.75 Å². The number of hydrogen-bond acceptors (Lipinski definition) is 9. The summed E-state index contributed by atoms with van der Waals surface area (Å²) in [6.45, 7) is 3.15. The van der Waals surface area contributed by atoms with E-state index in [0.29, 0.717) is 42.1 Å². The molecule has 11 heteroatoms. The number of primary amides is 1. The van der Waals surface area contributed by atoms with Crippen molar-refractivity contribution in [3.63, 3.8) is 0 Å². The number of anilines is 4. The summed E-state index contributed by atoms with van der Waals surface area (Å²) in [7, 11) is 3.00. The van der Waals surface area contributed by atoms with E-state index in [9.17, 15) is 9.70 Å². The number of carbonyl (C=O) groups is 1. The highest BCUT2D eigenvalue weighted by Gasteiger charge is 2.19. The second kappa shape index (κ2) is 9.35. The van der Waals surface area contributed by atoms with Gasteiger partial charge in [0.2, 0.25) is 5.95 Å². The molecular weight excluding hydrogens is 390 g/mol. The van der Waals surface area contributed by atoms with Crippen molar-refractivity contribution in [1.82, 2.24) is 9.97 Å². The zero-order chi connectivity index (χ0) is 21.7. The molecule has 0 radical (unpaired) electrons. The fourth-order valence-electron chi connectivity index (χ4n) is 3.16. The van der Waals surface area contributed by atoms with Gasteiger partial charge in [0.15, 0.2) is 5.82 Å². The van der Waals surface area contributed by atoms with E-state index in [0.717, 1.165) is 18.4 Å². The van der Waals surface area contributed by atoms with Gasteiger partial charge in [-0.1, -0.05) is 0 Å². The maximum atomic E-state index is 11.6. The van der Waals surface area contributed by atoms with Crippen LogP contribution in [0.1, 0.15) is 28.8 Å². The second-order valence-electron chi connectivity index (χ2n) is 6.92. The average Bonchev–Trinajstić information content (AvgIpc) is 2.75. The average molecular weight is 415 g/mol. The number of nitrogens with zero attached hydrogens (tertiary/aromatic N) is 4. The van der Waals surface area contributed by atoms with Crippen molar-refractivity contribution < 1.29 is 14.3 Å². The van der Waals surface area contributed by atoms with Gasteiger partial charge in [-0.2, -0.15) is 4.98 Å². The molecule has 2 aromatic rings. The first-order valence-corrected chi connectivity index (χ1v) is 9.46. The van der Waals surface area contributed by atoms with E-state index < -0.39 is 5.91 Å². The summed E-state index contributed by atoms with van der Waals surface area (Å²) in [5, 5.41) is 10.6. The molecule has 2 heterocycles. The fourth-order valence-corrected chi connectivity index (χ4v) is 3.16. The number of benzene rings is 1. The zero-order valence-corrected chi connectivity index (χ0v) is 17.1. The molecular formula is C19H25N7O4. The number of amides is 1. The van der Waals surface area contributed by atoms with Crippen LogP contribution in [0.25, 0.3) is 0 Å². The Hall–Kier alpha value is -3.47. The molecule has 1 saturated heterocycles. The number of hydrogen-bond donors (Lipinski definition) is 3. The maximum Gasteiger partial charge on any atom is 0.252 e. The molecule has 160 valence electrons. The molecule has 3 rings (SSSR count). The fraction of sp³-hybridized carbons (Fsp3) is 0.421. The van der Waals surface area contributed by atoms with Crippen LogP contribution in [0.2, 0.25) is 0 Å². The van der Waals surface area contributed by atoms with Gasteiger partial charge in [0.05, 0.1) is 24.2 Å². The monoisotopic (exact) mass is 415 g/mol. The van der Waals surface area contributed by atoms with Crippen LogP contribution in [0.15, 0.2) is 23.6 Å². The van der Waals surface area contributed by atoms with E-state index in [1.165, 1.54) is 25.4 Å². The number of nitrogens with two attached hydrogens (primary N) is 1. The molecule has 0 spiro atoms. The normalized spacial score (nSPS) is 14.1. The molecule has 1 aliphatic rings. The molecule has 1 amide bonds. The first-order chi connectivity index (χ1) is 14.4. The predicted octanol–water partition coefficient (Wildman–Crippen LogP) is 2.34.